The lowest BCUT2D eigenvalue weighted by atomic mass is 9.82. The normalized spacial score (nSPS) is 23.7. The molecule has 0 aromatic heterocycles. The van der Waals surface area contributed by atoms with Crippen LogP contribution in [0, 0.1) is 12.3 Å². The lowest BCUT2D eigenvalue weighted by Gasteiger charge is -2.39. The third-order valence-corrected chi connectivity index (χ3v) is 5.49. The summed E-state index contributed by atoms with van der Waals surface area (Å²) in [6.45, 7) is 14.2. The topological polar surface area (TPSA) is 3.24 Å². The maximum Gasteiger partial charge on any atom is 0.0409 e. The molecule has 2 aromatic carbocycles. The van der Waals surface area contributed by atoms with E-state index in [2.05, 4.69) is 82.8 Å². The van der Waals surface area contributed by atoms with E-state index in [9.17, 15) is 0 Å². The first kappa shape index (κ1) is 14.4. The molecule has 1 atom stereocenters. The fourth-order valence-electron chi connectivity index (χ4n) is 4.43. The van der Waals surface area contributed by atoms with Gasteiger partial charge in [0.15, 0.2) is 0 Å². The zero-order valence-electron chi connectivity index (χ0n) is 14.2. The molecule has 0 bridgehead atoms. The number of fused-ring (bicyclic) bond motifs is 1. The summed E-state index contributed by atoms with van der Waals surface area (Å²) < 4.78 is 0. The molecule has 1 aliphatic heterocycles. The molecule has 0 N–H and O–H groups in total. The Kier molecular flexibility index (Phi) is 3.09. The summed E-state index contributed by atoms with van der Waals surface area (Å²) in [5.41, 5.74) is 3.36. The smallest absolute Gasteiger partial charge is 0.0409 e. The Balaban J connectivity index is 2.18. The van der Waals surface area contributed by atoms with Crippen LogP contribution in [0.2, 0.25) is 0 Å². The SMILES string of the molecule is Cc1c(N2[C@@H](C)C(C)(C)CC2(C)C)ccc2ccccc12. The highest BCUT2D eigenvalue weighted by Gasteiger charge is 2.48. The molecule has 0 saturated carbocycles. The van der Waals surface area contributed by atoms with Crippen LogP contribution in [0.1, 0.15) is 46.6 Å². The van der Waals surface area contributed by atoms with E-state index in [1.165, 1.54) is 28.4 Å². The molecule has 1 heterocycles. The zero-order chi connectivity index (χ0) is 15.4. The second kappa shape index (κ2) is 4.50. The maximum atomic E-state index is 2.65. The van der Waals surface area contributed by atoms with Crippen LogP contribution in [0.15, 0.2) is 36.4 Å². The number of hydrogen-bond acceptors (Lipinski definition) is 1. The molecule has 0 aliphatic carbocycles. The quantitative estimate of drug-likeness (QED) is 0.662. The van der Waals surface area contributed by atoms with Gasteiger partial charge in [-0.2, -0.15) is 0 Å². The van der Waals surface area contributed by atoms with Crippen LogP contribution in [-0.4, -0.2) is 11.6 Å². The predicted molar refractivity (Wildman–Crippen MR) is 93.1 cm³/mol. The molecule has 3 rings (SSSR count). The predicted octanol–water partition coefficient (Wildman–Crippen LogP) is 5.55. The minimum Gasteiger partial charge on any atom is -0.363 e. The van der Waals surface area contributed by atoms with Crippen LogP contribution in [0.3, 0.4) is 0 Å². The van der Waals surface area contributed by atoms with Gasteiger partial charge in [-0.3, -0.25) is 0 Å². The van der Waals surface area contributed by atoms with Gasteiger partial charge in [0.05, 0.1) is 0 Å². The van der Waals surface area contributed by atoms with E-state index < -0.39 is 0 Å². The number of nitrogens with zero attached hydrogens (tertiary/aromatic N) is 1. The van der Waals surface area contributed by atoms with Crippen LogP contribution in [0.5, 0.6) is 0 Å². The van der Waals surface area contributed by atoms with Gasteiger partial charge in [0, 0.05) is 17.3 Å². The van der Waals surface area contributed by atoms with Crippen LogP contribution in [-0.2, 0) is 0 Å². The van der Waals surface area contributed by atoms with E-state index in [1.54, 1.807) is 0 Å². The Hall–Kier alpha value is -1.50. The van der Waals surface area contributed by atoms with Gasteiger partial charge in [-0.05, 0) is 61.9 Å². The van der Waals surface area contributed by atoms with Crippen LogP contribution in [0.25, 0.3) is 10.8 Å². The number of aryl methyl sites for hydroxylation is 1. The van der Waals surface area contributed by atoms with Crippen molar-refractivity contribution in [3.63, 3.8) is 0 Å². The van der Waals surface area contributed by atoms with Crippen molar-refractivity contribution < 1.29 is 0 Å². The highest BCUT2D eigenvalue weighted by atomic mass is 15.3. The molecular formula is C20H27N. The summed E-state index contributed by atoms with van der Waals surface area (Å²) in [5.74, 6) is 0. The fourth-order valence-corrected chi connectivity index (χ4v) is 4.43. The average molecular weight is 281 g/mol. The van der Waals surface area contributed by atoms with Crippen molar-refractivity contribution >= 4 is 16.5 Å². The largest absolute Gasteiger partial charge is 0.363 e. The Bertz CT molecular complexity index is 681. The second-order valence-electron chi connectivity index (χ2n) is 7.95. The van der Waals surface area contributed by atoms with Gasteiger partial charge in [-0.15, -0.1) is 0 Å². The standard InChI is InChI=1S/C20H27N/c1-14-17-10-8-7-9-16(17)11-12-18(14)21-15(2)19(3,4)13-20(21,5)6/h7-12,15H,13H2,1-6H3/t15-/m0/s1. The highest BCUT2D eigenvalue weighted by molar-refractivity contribution is 5.90. The van der Waals surface area contributed by atoms with E-state index in [4.69, 9.17) is 0 Å². The van der Waals surface area contributed by atoms with Crippen molar-refractivity contribution in [3.8, 4) is 0 Å². The molecule has 21 heavy (non-hydrogen) atoms. The molecule has 0 spiro atoms. The van der Waals surface area contributed by atoms with Crippen LogP contribution < -0.4 is 4.90 Å². The average Bonchev–Trinajstić information content (AvgIpc) is 2.56. The number of hydrogen-bond donors (Lipinski definition) is 0. The van der Waals surface area contributed by atoms with E-state index >= 15 is 0 Å². The molecule has 0 unspecified atom stereocenters. The fraction of sp³-hybridized carbons (Fsp3) is 0.500. The molecule has 1 saturated heterocycles. The molecule has 2 aromatic rings. The van der Waals surface area contributed by atoms with Crippen molar-refractivity contribution in [1.29, 1.82) is 0 Å². The molecule has 1 nitrogen and oxygen atoms in total. The summed E-state index contributed by atoms with van der Waals surface area (Å²) in [5, 5.41) is 2.71. The van der Waals surface area contributed by atoms with Gasteiger partial charge < -0.3 is 4.90 Å². The van der Waals surface area contributed by atoms with Gasteiger partial charge in [0.2, 0.25) is 0 Å². The van der Waals surface area contributed by atoms with E-state index in [0.29, 0.717) is 11.5 Å². The van der Waals surface area contributed by atoms with E-state index in [0.717, 1.165) is 0 Å². The maximum absolute atomic E-state index is 2.65. The lowest BCUT2D eigenvalue weighted by molar-refractivity contribution is 0.329. The minimum atomic E-state index is 0.204. The molecule has 0 radical (unpaired) electrons. The molecule has 112 valence electrons. The second-order valence-corrected chi connectivity index (χ2v) is 7.95. The first-order chi connectivity index (χ1) is 9.74. The number of anilines is 1. The summed E-state index contributed by atoms with van der Waals surface area (Å²) in [6.07, 6.45) is 1.23. The van der Waals surface area contributed by atoms with Gasteiger partial charge in [-0.1, -0.05) is 44.2 Å². The Labute approximate surface area is 129 Å². The monoisotopic (exact) mass is 281 g/mol. The molecule has 1 fully saturated rings. The minimum absolute atomic E-state index is 0.204. The van der Waals surface area contributed by atoms with Crippen LogP contribution >= 0.6 is 0 Å². The van der Waals surface area contributed by atoms with Gasteiger partial charge in [0.25, 0.3) is 0 Å². The van der Waals surface area contributed by atoms with Crippen molar-refractivity contribution in [1.82, 2.24) is 0 Å². The summed E-state index contributed by atoms with van der Waals surface area (Å²) in [4.78, 5) is 2.65. The van der Waals surface area contributed by atoms with Gasteiger partial charge in [0.1, 0.15) is 0 Å². The first-order valence-electron chi connectivity index (χ1n) is 8.02. The number of benzene rings is 2. The Morgan fingerprint density at radius 2 is 1.67 bits per heavy atom. The molecule has 1 aliphatic rings. The zero-order valence-corrected chi connectivity index (χ0v) is 14.2. The van der Waals surface area contributed by atoms with Crippen molar-refractivity contribution in [2.45, 2.75) is 59.5 Å². The van der Waals surface area contributed by atoms with Crippen molar-refractivity contribution in [2.75, 3.05) is 4.90 Å². The summed E-state index contributed by atoms with van der Waals surface area (Å²) >= 11 is 0. The van der Waals surface area contributed by atoms with Crippen molar-refractivity contribution in [2.24, 2.45) is 5.41 Å². The summed E-state index contributed by atoms with van der Waals surface area (Å²) in [7, 11) is 0. The van der Waals surface area contributed by atoms with Crippen LogP contribution in [0.4, 0.5) is 5.69 Å². The summed E-state index contributed by atoms with van der Waals surface area (Å²) in [6, 6.07) is 13.8. The first-order valence-corrected chi connectivity index (χ1v) is 8.02. The third kappa shape index (κ3) is 2.14. The van der Waals surface area contributed by atoms with Gasteiger partial charge >= 0.3 is 0 Å². The number of rotatable bonds is 1. The molecular weight excluding hydrogens is 254 g/mol. The van der Waals surface area contributed by atoms with E-state index in [-0.39, 0.29) is 5.54 Å². The van der Waals surface area contributed by atoms with Crippen molar-refractivity contribution in [3.05, 3.63) is 42.0 Å². The third-order valence-electron chi connectivity index (χ3n) is 5.49. The molecule has 1 heteroatoms. The Morgan fingerprint density at radius 1 is 1.00 bits per heavy atom. The Morgan fingerprint density at radius 3 is 2.29 bits per heavy atom. The van der Waals surface area contributed by atoms with E-state index in [1.807, 2.05) is 0 Å². The lowest BCUT2D eigenvalue weighted by Crippen LogP contribution is -2.43. The van der Waals surface area contributed by atoms with Gasteiger partial charge in [-0.25, -0.2) is 0 Å². The highest BCUT2D eigenvalue weighted by Crippen LogP contribution is 2.49. The molecule has 0 amide bonds.